The molecule has 0 atom stereocenters. The highest BCUT2D eigenvalue weighted by molar-refractivity contribution is 5.79. The average molecular weight is 301 g/mol. The molecule has 0 amide bonds. The van der Waals surface area contributed by atoms with Gasteiger partial charge in [-0.15, -0.1) is 0 Å². The van der Waals surface area contributed by atoms with Crippen LogP contribution in [0.3, 0.4) is 0 Å². The fraction of sp³-hybridized carbons (Fsp3) is 0.438. The van der Waals surface area contributed by atoms with Crippen LogP contribution < -0.4 is 10.6 Å². The summed E-state index contributed by atoms with van der Waals surface area (Å²) in [5.41, 5.74) is 3.92. The first-order valence-electron chi connectivity index (χ1n) is 7.37. The average Bonchev–Trinajstić information content (AvgIpc) is 2.87. The van der Waals surface area contributed by atoms with Crippen LogP contribution in [0.5, 0.6) is 0 Å². The van der Waals surface area contributed by atoms with Gasteiger partial charge in [0.2, 0.25) is 5.89 Å². The highest BCUT2D eigenvalue weighted by Crippen LogP contribution is 2.08. The number of aryl methyl sites for hydroxylation is 3. The van der Waals surface area contributed by atoms with E-state index in [2.05, 4.69) is 57.8 Å². The number of hydrogen-bond donors (Lipinski definition) is 2. The molecule has 2 rings (SSSR count). The Morgan fingerprint density at radius 3 is 2.45 bits per heavy atom. The molecule has 0 aliphatic carbocycles. The summed E-state index contributed by atoms with van der Waals surface area (Å²) in [7, 11) is 1.74. The standard InChI is InChI=1S/C16H23N5O/c1-11-7-12(2)9-14(8-11)5-6-18-16(17-4)19-10-15-20-13(3)21-22-15/h7-9H,5-6,10H2,1-4H3,(H2,17,18,19). The van der Waals surface area contributed by atoms with E-state index in [1.807, 2.05) is 0 Å². The molecular formula is C16H23N5O. The van der Waals surface area contributed by atoms with Gasteiger partial charge in [-0.05, 0) is 32.8 Å². The number of aliphatic imine (C=N–C) groups is 1. The van der Waals surface area contributed by atoms with Crippen molar-refractivity contribution in [1.82, 2.24) is 20.8 Å². The highest BCUT2D eigenvalue weighted by Gasteiger charge is 2.04. The van der Waals surface area contributed by atoms with Crippen molar-refractivity contribution in [2.45, 2.75) is 33.7 Å². The minimum Gasteiger partial charge on any atom is -0.356 e. The molecule has 0 aliphatic rings. The summed E-state index contributed by atoms with van der Waals surface area (Å²) in [6, 6.07) is 6.61. The smallest absolute Gasteiger partial charge is 0.246 e. The summed E-state index contributed by atoms with van der Waals surface area (Å²) in [5, 5.41) is 10.2. The van der Waals surface area contributed by atoms with Gasteiger partial charge in [-0.2, -0.15) is 4.98 Å². The lowest BCUT2D eigenvalue weighted by Crippen LogP contribution is -2.37. The first-order chi connectivity index (χ1) is 10.6. The Balaban J connectivity index is 1.78. The van der Waals surface area contributed by atoms with Gasteiger partial charge in [0.15, 0.2) is 11.8 Å². The van der Waals surface area contributed by atoms with Crippen LogP contribution in [0.25, 0.3) is 0 Å². The van der Waals surface area contributed by atoms with E-state index in [-0.39, 0.29) is 0 Å². The fourth-order valence-electron chi connectivity index (χ4n) is 2.33. The molecule has 0 unspecified atom stereocenters. The molecule has 2 N–H and O–H groups in total. The van der Waals surface area contributed by atoms with Crippen LogP contribution in [0, 0.1) is 20.8 Å². The third kappa shape index (κ3) is 4.87. The molecule has 0 spiro atoms. The van der Waals surface area contributed by atoms with E-state index in [1.54, 1.807) is 14.0 Å². The van der Waals surface area contributed by atoms with Crippen LogP contribution in [0.4, 0.5) is 0 Å². The lowest BCUT2D eigenvalue weighted by atomic mass is 10.1. The van der Waals surface area contributed by atoms with Crippen molar-refractivity contribution in [2.24, 2.45) is 4.99 Å². The highest BCUT2D eigenvalue weighted by atomic mass is 16.5. The zero-order chi connectivity index (χ0) is 15.9. The molecule has 118 valence electrons. The number of hydrogen-bond acceptors (Lipinski definition) is 4. The van der Waals surface area contributed by atoms with E-state index in [9.17, 15) is 0 Å². The molecule has 0 aliphatic heterocycles. The molecule has 1 heterocycles. The number of rotatable bonds is 5. The zero-order valence-corrected chi connectivity index (χ0v) is 13.6. The quantitative estimate of drug-likeness (QED) is 0.651. The summed E-state index contributed by atoms with van der Waals surface area (Å²) in [5.74, 6) is 1.91. The topological polar surface area (TPSA) is 75.3 Å². The van der Waals surface area contributed by atoms with Gasteiger partial charge >= 0.3 is 0 Å². The number of guanidine groups is 1. The monoisotopic (exact) mass is 301 g/mol. The molecule has 0 saturated heterocycles. The second kappa shape index (κ2) is 7.59. The van der Waals surface area contributed by atoms with Crippen LogP contribution in [-0.4, -0.2) is 29.7 Å². The minimum absolute atomic E-state index is 0.462. The lowest BCUT2D eigenvalue weighted by Gasteiger charge is -2.11. The largest absolute Gasteiger partial charge is 0.356 e. The Morgan fingerprint density at radius 1 is 1.14 bits per heavy atom. The van der Waals surface area contributed by atoms with Crippen molar-refractivity contribution in [3.05, 3.63) is 46.6 Å². The van der Waals surface area contributed by atoms with Crippen LogP contribution in [-0.2, 0) is 13.0 Å². The maximum Gasteiger partial charge on any atom is 0.246 e. The van der Waals surface area contributed by atoms with Crippen molar-refractivity contribution in [3.63, 3.8) is 0 Å². The van der Waals surface area contributed by atoms with Crippen molar-refractivity contribution in [3.8, 4) is 0 Å². The third-order valence-corrected chi connectivity index (χ3v) is 3.19. The second-order valence-corrected chi connectivity index (χ2v) is 5.33. The van der Waals surface area contributed by atoms with Gasteiger partial charge < -0.3 is 15.2 Å². The summed E-state index contributed by atoms with van der Waals surface area (Å²) in [4.78, 5) is 8.32. The first-order valence-corrected chi connectivity index (χ1v) is 7.37. The van der Waals surface area contributed by atoms with Crippen LogP contribution in [0.2, 0.25) is 0 Å². The molecular weight excluding hydrogens is 278 g/mol. The molecule has 0 fully saturated rings. The summed E-state index contributed by atoms with van der Waals surface area (Å²) in [6.45, 7) is 7.31. The molecule has 6 heteroatoms. The van der Waals surface area contributed by atoms with E-state index >= 15 is 0 Å². The summed E-state index contributed by atoms with van der Waals surface area (Å²) < 4.78 is 5.05. The Labute approximate surface area is 131 Å². The van der Waals surface area contributed by atoms with Crippen LogP contribution in [0.15, 0.2) is 27.7 Å². The van der Waals surface area contributed by atoms with Gasteiger partial charge in [0, 0.05) is 13.6 Å². The van der Waals surface area contributed by atoms with Gasteiger partial charge in [0.1, 0.15) is 0 Å². The Morgan fingerprint density at radius 2 is 1.86 bits per heavy atom. The summed E-state index contributed by atoms with van der Waals surface area (Å²) >= 11 is 0. The SMILES string of the molecule is CN=C(NCCc1cc(C)cc(C)c1)NCc1nc(C)no1. The van der Waals surface area contributed by atoms with Gasteiger partial charge in [-0.25, -0.2) is 0 Å². The van der Waals surface area contributed by atoms with E-state index in [0.717, 1.165) is 18.9 Å². The van der Waals surface area contributed by atoms with E-state index < -0.39 is 0 Å². The molecule has 2 aromatic rings. The van der Waals surface area contributed by atoms with Gasteiger partial charge in [-0.3, -0.25) is 4.99 Å². The Bertz CT molecular complexity index is 627. The summed E-state index contributed by atoms with van der Waals surface area (Å²) in [6.07, 6.45) is 0.947. The second-order valence-electron chi connectivity index (χ2n) is 5.33. The molecule has 1 aromatic heterocycles. The van der Waals surface area contributed by atoms with Crippen LogP contribution in [0.1, 0.15) is 28.4 Å². The molecule has 22 heavy (non-hydrogen) atoms. The molecule has 0 saturated carbocycles. The predicted octanol–water partition coefficient (Wildman–Crippen LogP) is 1.90. The van der Waals surface area contributed by atoms with Gasteiger partial charge in [0.05, 0.1) is 6.54 Å². The van der Waals surface area contributed by atoms with E-state index in [0.29, 0.717) is 18.3 Å². The minimum atomic E-state index is 0.462. The maximum absolute atomic E-state index is 5.05. The first kappa shape index (κ1) is 16.0. The van der Waals surface area contributed by atoms with Crippen molar-refractivity contribution >= 4 is 5.96 Å². The normalized spacial score (nSPS) is 11.5. The fourth-order valence-corrected chi connectivity index (χ4v) is 2.33. The Hall–Kier alpha value is -2.37. The maximum atomic E-state index is 5.05. The van der Waals surface area contributed by atoms with Crippen molar-refractivity contribution in [1.29, 1.82) is 0 Å². The predicted molar refractivity (Wildman–Crippen MR) is 86.9 cm³/mol. The zero-order valence-electron chi connectivity index (χ0n) is 13.6. The van der Waals surface area contributed by atoms with Crippen molar-refractivity contribution in [2.75, 3.05) is 13.6 Å². The molecule has 6 nitrogen and oxygen atoms in total. The molecule has 0 bridgehead atoms. The third-order valence-electron chi connectivity index (χ3n) is 3.19. The van der Waals surface area contributed by atoms with Crippen molar-refractivity contribution < 1.29 is 4.52 Å². The molecule has 1 aromatic carbocycles. The number of nitrogens with one attached hydrogen (secondary N) is 2. The number of aromatic nitrogens is 2. The lowest BCUT2D eigenvalue weighted by molar-refractivity contribution is 0.371. The Kier molecular flexibility index (Phi) is 5.52. The van der Waals surface area contributed by atoms with Gasteiger partial charge in [0.25, 0.3) is 0 Å². The van der Waals surface area contributed by atoms with E-state index in [4.69, 9.17) is 4.52 Å². The van der Waals surface area contributed by atoms with Crippen LogP contribution >= 0.6 is 0 Å². The van der Waals surface area contributed by atoms with E-state index in [1.165, 1.54) is 16.7 Å². The number of benzene rings is 1. The number of nitrogens with zero attached hydrogens (tertiary/aromatic N) is 3. The molecule has 0 radical (unpaired) electrons. The van der Waals surface area contributed by atoms with Gasteiger partial charge in [-0.1, -0.05) is 34.5 Å².